The zero-order valence-corrected chi connectivity index (χ0v) is 16.5. The highest BCUT2D eigenvalue weighted by molar-refractivity contribution is 14.1. The number of carbonyl (C=O) groups excluding carboxylic acids is 2. The number of rotatable bonds is 5. The van der Waals surface area contributed by atoms with Crippen molar-refractivity contribution in [3.05, 3.63) is 62.3 Å². The van der Waals surface area contributed by atoms with Gasteiger partial charge in [-0.05, 0) is 64.6 Å². The number of anilines is 1. The van der Waals surface area contributed by atoms with Crippen molar-refractivity contribution in [3.8, 4) is 5.75 Å². The lowest BCUT2D eigenvalue weighted by Gasteiger charge is -2.11. The third-order valence-electron chi connectivity index (χ3n) is 3.56. The monoisotopic (exact) mass is 498 g/mol. The van der Waals surface area contributed by atoms with E-state index in [2.05, 4.69) is 5.32 Å². The van der Waals surface area contributed by atoms with Gasteiger partial charge < -0.3 is 15.2 Å². The van der Waals surface area contributed by atoms with Gasteiger partial charge in [-0.3, -0.25) is 4.79 Å². The Morgan fingerprint density at radius 2 is 2.04 bits per heavy atom. The SMILES string of the molecule is O=C(O)COc1ccc(/C=C2/NC(=O)N(c3cccc(Cl)c3)C2=O)cc1I. The van der Waals surface area contributed by atoms with Crippen LogP contribution in [0.25, 0.3) is 6.08 Å². The van der Waals surface area contributed by atoms with Gasteiger partial charge in [-0.1, -0.05) is 23.7 Å². The van der Waals surface area contributed by atoms with E-state index in [1.807, 2.05) is 22.6 Å². The average molecular weight is 499 g/mol. The van der Waals surface area contributed by atoms with Crippen molar-refractivity contribution in [2.75, 3.05) is 11.5 Å². The molecule has 3 rings (SSSR count). The molecule has 3 amide bonds. The highest BCUT2D eigenvalue weighted by atomic mass is 127. The summed E-state index contributed by atoms with van der Waals surface area (Å²) >= 11 is 7.93. The van der Waals surface area contributed by atoms with E-state index in [1.165, 1.54) is 12.1 Å². The fraction of sp³-hybridized carbons (Fsp3) is 0.0556. The largest absolute Gasteiger partial charge is 0.481 e. The summed E-state index contributed by atoms with van der Waals surface area (Å²) in [4.78, 5) is 36.4. The molecule has 0 aliphatic carbocycles. The second-order valence-electron chi connectivity index (χ2n) is 5.48. The van der Waals surface area contributed by atoms with Crippen molar-refractivity contribution >= 4 is 63.9 Å². The summed E-state index contributed by atoms with van der Waals surface area (Å²) in [5.74, 6) is -1.15. The van der Waals surface area contributed by atoms with Crippen LogP contribution >= 0.6 is 34.2 Å². The number of carboxylic acids is 1. The fourth-order valence-corrected chi connectivity index (χ4v) is 3.29. The van der Waals surface area contributed by atoms with Crippen LogP contribution < -0.4 is 15.0 Å². The lowest BCUT2D eigenvalue weighted by molar-refractivity contribution is -0.139. The van der Waals surface area contributed by atoms with Crippen LogP contribution in [0.1, 0.15) is 5.56 Å². The van der Waals surface area contributed by atoms with Crippen LogP contribution in [-0.4, -0.2) is 29.6 Å². The molecule has 1 aliphatic rings. The lowest BCUT2D eigenvalue weighted by Crippen LogP contribution is -2.30. The highest BCUT2D eigenvalue weighted by Gasteiger charge is 2.34. The molecule has 2 aromatic carbocycles. The summed E-state index contributed by atoms with van der Waals surface area (Å²) in [5, 5.41) is 11.6. The molecule has 1 saturated heterocycles. The molecule has 0 saturated carbocycles. The number of halogens is 2. The first-order valence-electron chi connectivity index (χ1n) is 7.62. The van der Waals surface area contributed by atoms with Gasteiger partial charge in [-0.15, -0.1) is 0 Å². The van der Waals surface area contributed by atoms with Crippen LogP contribution in [0.15, 0.2) is 48.2 Å². The van der Waals surface area contributed by atoms with E-state index in [4.69, 9.17) is 21.4 Å². The van der Waals surface area contributed by atoms with E-state index in [0.29, 0.717) is 25.6 Å². The second kappa shape index (κ2) is 7.97. The van der Waals surface area contributed by atoms with Gasteiger partial charge in [0.1, 0.15) is 11.4 Å². The number of aliphatic carboxylic acids is 1. The molecule has 0 atom stereocenters. The molecule has 2 N–H and O–H groups in total. The molecule has 2 aromatic rings. The number of benzene rings is 2. The van der Waals surface area contributed by atoms with Crippen LogP contribution in [0.3, 0.4) is 0 Å². The first-order chi connectivity index (χ1) is 12.8. The molecule has 27 heavy (non-hydrogen) atoms. The molecule has 1 heterocycles. The number of urea groups is 1. The number of amides is 3. The molecule has 9 heteroatoms. The topological polar surface area (TPSA) is 95.9 Å². The summed E-state index contributed by atoms with van der Waals surface area (Å²) in [7, 11) is 0. The standard InChI is InChI=1S/C18H12ClIN2O5/c19-11-2-1-3-12(8-11)22-17(25)14(21-18(22)26)7-10-4-5-15(13(20)6-10)27-9-16(23)24/h1-8H,9H2,(H,21,26)(H,23,24)/b14-7+. The van der Waals surface area contributed by atoms with Gasteiger partial charge in [0.15, 0.2) is 6.61 Å². The molecule has 0 spiro atoms. The van der Waals surface area contributed by atoms with E-state index in [1.54, 1.807) is 36.4 Å². The summed E-state index contributed by atoms with van der Waals surface area (Å²) in [5.41, 5.74) is 1.15. The number of hydrogen-bond donors (Lipinski definition) is 2. The number of hydrogen-bond acceptors (Lipinski definition) is 4. The zero-order chi connectivity index (χ0) is 19.6. The first kappa shape index (κ1) is 19.2. The molecule has 138 valence electrons. The minimum absolute atomic E-state index is 0.120. The van der Waals surface area contributed by atoms with Gasteiger partial charge >= 0.3 is 12.0 Å². The van der Waals surface area contributed by atoms with E-state index in [-0.39, 0.29) is 5.70 Å². The van der Waals surface area contributed by atoms with Gasteiger partial charge in [-0.25, -0.2) is 14.5 Å². The van der Waals surface area contributed by atoms with Gasteiger partial charge in [0, 0.05) is 5.02 Å². The molecule has 0 radical (unpaired) electrons. The number of nitrogens with one attached hydrogen (secondary N) is 1. The fourth-order valence-electron chi connectivity index (χ4n) is 2.41. The smallest absolute Gasteiger partial charge is 0.341 e. The third kappa shape index (κ3) is 4.40. The summed E-state index contributed by atoms with van der Waals surface area (Å²) < 4.78 is 5.84. The van der Waals surface area contributed by atoms with Crippen molar-refractivity contribution in [1.82, 2.24) is 5.32 Å². The number of nitrogens with zero attached hydrogens (tertiary/aromatic N) is 1. The van der Waals surface area contributed by atoms with Gasteiger partial charge in [-0.2, -0.15) is 0 Å². The van der Waals surface area contributed by atoms with Crippen LogP contribution in [0.2, 0.25) is 5.02 Å². The van der Waals surface area contributed by atoms with Crippen molar-refractivity contribution < 1.29 is 24.2 Å². The van der Waals surface area contributed by atoms with Crippen LogP contribution in [-0.2, 0) is 9.59 Å². The summed E-state index contributed by atoms with van der Waals surface area (Å²) in [6, 6.07) is 10.9. The van der Waals surface area contributed by atoms with Crippen molar-refractivity contribution in [2.45, 2.75) is 0 Å². The summed E-state index contributed by atoms with van der Waals surface area (Å²) in [6.45, 7) is -0.445. The maximum atomic E-state index is 12.6. The van der Waals surface area contributed by atoms with Crippen molar-refractivity contribution in [1.29, 1.82) is 0 Å². The minimum Gasteiger partial charge on any atom is -0.481 e. The third-order valence-corrected chi connectivity index (χ3v) is 4.64. The average Bonchev–Trinajstić information content (AvgIpc) is 2.87. The van der Waals surface area contributed by atoms with Crippen LogP contribution in [0.4, 0.5) is 10.5 Å². The molecule has 1 fully saturated rings. The Morgan fingerprint density at radius 3 is 2.70 bits per heavy atom. The first-order valence-corrected chi connectivity index (χ1v) is 9.07. The Morgan fingerprint density at radius 1 is 1.26 bits per heavy atom. The van der Waals surface area contributed by atoms with Crippen molar-refractivity contribution in [2.24, 2.45) is 0 Å². The molecular formula is C18H12ClIN2O5. The number of carboxylic acid groups (broad SMARTS) is 1. The van der Waals surface area contributed by atoms with E-state index in [0.717, 1.165) is 4.90 Å². The number of carbonyl (C=O) groups is 3. The normalized spacial score (nSPS) is 15.2. The zero-order valence-electron chi connectivity index (χ0n) is 13.6. The van der Waals surface area contributed by atoms with Crippen LogP contribution in [0, 0.1) is 3.57 Å². The molecule has 1 aliphatic heterocycles. The van der Waals surface area contributed by atoms with E-state index < -0.39 is 24.5 Å². The highest BCUT2D eigenvalue weighted by Crippen LogP contribution is 2.27. The predicted octanol–water partition coefficient (Wildman–Crippen LogP) is 3.51. The van der Waals surface area contributed by atoms with Crippen molar-refractivity contribution in [3.63, 3.8) is 0 Å². The molecule has 7 nitrogen and oxygen atoms in total. The van der Waals surface area contributed by atoms with Crippen LogP contribution in [0.5, 0.6) is 5.75 Å². The van der Waals surface area contributed by atoms with Gasteiger partial charge in [0.25, 0.3) is 5.91 Å². The number of ether oxygens (including phenoxy) is 1. The molecular weight excluding hydrogens is 487 g/mol. The van der Waals surface area contributed by atoms with Gasteiger partial charge in [0.2, 0.25) is 0 Å². The molecule has 0 aromatic heterocycles. The lowest BCUT2D eigenvalue weighted by atomic mass is 10.2. The maximum absolute atomic E-state index is 12.6. The minimum atomic E-state index is -1.07. The predicted molar refractivity (Wildman–Crippen MR) is 108 cm³/mol. The second-order valence-corrected chi connectivity index (χ2v) is 7.08. The molecule has 0 bridgehead atoms. The van der Waals surface area contributed by atoms with E-state index >= 15 is 0 Å². The maximum Gasteiger partial charge on any atom is 0.341 e. The van der Waals surface area contributed by atoms with E-state index in [9.17, 15) is 14.4 Å². The Hall–Kier alpha value is -2.59. The summed E-state index contributed by atoms with van der Waals surface area (Å²) in [6.07, 6.45) is 1.54. The Bertz CT molecular complexity index is 976. The van der Waals surface area contributed by atoms with Gasteiger partial charge in [0.05, 0.1) is 9.26 Å². The molecule has 0 unspecified atom stereocenters. The Labute approximate surface area is 172 Å². The number of imide groups is 1. The Balaban J connectivity index is 1.83. The quantitative estimate of drug-likeness (QED) is 0.374. The Kier molecular flexibility index (Phi) is 5.66.